The van der Waals surface area contributed by atoms with E-state index in [1.165, 1.54) is 20.9 Å². The zero-order valence-corrected chi connectivity index (χ0v) is 15.7. The predicted octanol–water partition coefficient (Wildman–Crippen LogP) is 0.534. The molecule has 0 spiro atoms. The molecule has 4 heteroatoms. The van der Waals surface area contributed by atoms with E-state index in [1.54, 1.807) is 6.26 Å². The Morgan fingerprint density at radius 3 is 1.64 bits per heavy atom. The van der Waals surface area contributed by atoms with E-state index in [0.29, 0.717) is 5.78 Å². The Morgan fingerprint density at radius 1 is 0.714 bits per heavy atom. The first-order chi connectivity index (χ1) is 13.7. The van der Waals surface area contributed by atoms with Gasteiger partial charge in [0.2, 0.25) is 5.76 Å². The fraction of sp³-hybridized carbons (Fsp3) is 0.292. The number of furan rings is 1. The van der Waals surface area contributed by atoms with Crippen LogP contribution in [0.4, 0.5) is 0 Å². The molecule has 4 nitrogen and oxygen atoms in total. The summed E-state index contributed by atoms with van der Waals surface area (Å²) >= 11 is 0. The Labute approximate surface area is 164 Å². The molecule has 28 heavy (non-hydrogen) atoms. The maximum absolute atomic E-state index is 14.2. The van der Waals surface area contributed by atoms with Crippen molar-refractivity contribution in [3.8, 4) is 0 Å². The number of carbonyl (C=O) groups is 1. The van der Waals surface area contributed by atoms with Crippen molar-refractivity contribution in [2.24, 2.45) is 0 Å². The van der Waals surface area contributed by atoms with Gasteiger partial charge in [-0.25, -0.2) is 0 Å². The summed E-state index contributed by atoms with van der Waals surface area (Å²) in [5.74, 6) is 1.46. The quantitative estimate of drug-likeness (QED) is 0.704. The van der Waals surface area contributed by atoms with Crippen LogP contribution in [-0.2, 0) is 15.6 Å². The summed E-state index contributed by atoms with van der Waals surface area (Å²) < 4.78 is 5.84. The summed E-state index contributed by atoms with van der Waals surface area (Å²) in [6, 6.07) is 25.0. The summed E-state index contributed by atoms with van der Waals surface area (Å²) in [6.07, 6.45) is 2.05. The van der Waals surface area contributed by atoms with Crippen LogP contribution in [0.3, 0.4) is 0 Å². The van der Waals surface area contributed by atoms with Crippen molar-refractivity contribution < 1.29 is 19.0 Å². The highest BCUT2D eigenvalue weighted by Gasteiger charge is 2.73. The van der Waals surface area contributed by atoms with Crippen LogP contribution < -0.4 is 9.80 Å². The number of hydrogen-bond donors (Lipinski definition) is 2. The van der Waals surface area contributed by atoms with Gasteiger partial charge in [-0.2, -0.15) is 0 Å². The number of carbonyl (C=O) groups excluding carboxylic acids is 1. The van der Waals surface area contributed by atoms with Crippen molar-refractivity contribution in [2.75, 3.05) is 26.2 Å². The molecule has 0 saturated carbocycles. The first kappa shape index (κ1) is 16.3. The lowest BCUT2D eigenvalue weighted by molar-refractivity contribution is -1.17. The number of piperidine rings is 2. The van der Waals surface area contributed by atoms with Crippen LogP contribution in [0.5, 0.6) is 0 Å². The Hall–Kier alpha value is -2.69. The second-order valence-electron chi connectivity index (χ2n) is 8.70. The average molecular weight is 372 g/mol. The highest BCUT2D eigenvalue weighted by molar-refractivity contribution is 6.00. The van der Waals surface area contributed by atoms with Gasteiger partial charge < -0.3 is 4.42 Å². The minimum absolute atomic E-state index is 0.275. The summed E-state index contributed by atoms with van der Waals surface area (Å²) in [7, 11) is 0. The SMILES string of the molecule is O=C1C2(c3ccccc3)C[NH+]3CC1(c1ccccc1)C[NH+](C2)C3c1ccco1. The first-order valence-electron chi connectivity index (χ1n) is 10.1. The molecule has 0 atom stereocenters. The van der Waals surface area contributed by atoms with Crippen LogP contribution in [-0.4, -0.2) is 32.0 Å². The monoisotopic (exact) mass is 372 g/mol. The van der Waals surface area contributed by atoms with E-state index < -0.39 is 10.8 Å². The highest BCUT2D eigenvalue weighted by atomic mass is 16.3. The molecule has 1 aromatic heterocycles. The summed E-state index contributed by atoms with van der Waals surface area (Å²) in [6.45, 7) is 3.39. The average Bonchev–Trinajstić information content (AvgIpc) is 3.26. The molecule has 4 aliphatic heterocycles. The molecule has 5 heterocycles. The van der Waals surface area contributed by atoms with Crippen molar-refractivity contribution in [3.05, 3.63) is 95.9 Å². The van der Waals surface area contributed by atoms with Crippen molar-refractivity contribution in [1.29, 1.82) is 0 Å². The molecule has 0 aliphatic carbocycles. The molecule has 0 amide bonds. The van der Waals surface area contributed by atoms with Gasteiger partial charge in [0, 0.05) is 0 Å². The van der Waals surface area contributed by atoms with Crippen LogP contribution in [0.25, 0.3) is 0 Å². The molecule has 4 saturated heterocycles. The van der Waals surface area contributed by atoms with Gasteiger partial charge in [-0.15, -0.1) is 0 Å². The second-order valence-corrected chi connectivity index (χ2v) is 8.70. The summed E-state index contributed by atoms with van der Waals surface area (Å²) in [4.78, 5) is 17.1. The third-order valence-electron chi connectivity index (χ3n) is 7.28. The topological polar surface area (TPSA) is 39.1 Å². The summed E-state index contributed by atoms with van der Waals surface area (Å²) in [5.41, 5.74) is 1.52. The molecule has 7 rings (SSSR count). The van der Waals surface area contributed by atoms with E-state index in [1.807, 2.05) is 18.2 Å². The lowest BCUT2D eigenvalue weighted by Crippen LogP contribution is -3.42. The molecule has 2 aromatic carbocycles. The van der Waals surface area contributed by atoms with Crippen molar-refractivity contribution >= 4 is 5.78 Å². The Kier molecular flexibility index (Phi) is 3.29. The third kappa shape index (κ3) is 1.99. The van der Waals surface area contributed by atoms with Gasteiger partial charge in [-0.05, 0) is 23.3 Å². The minimum atomic E-state index is -0.415. The van der Waals surface area contributed by atoms with E-state index >= 15 is 0 Å². The first-order valence-corrected chi connectivity index (χ1v) is 10.1. The molecule has 3 aromatic rings. The minimum Gasteiger partial charge on any atom is -0.457 e. The Bertz CT molecular complexity index is 936. The third-order valence-corrected chi connectivity index (χ3v) is 7.28. The van der Waals surface area contributed by atoms with Gasteiger partial charge in [0.05, 0.1) is 6.26 Å². The van der Waals surface area contributed by atoms with E-state index in [9.17, 15) is 4.79 Å². The summed E-state index contributed by atoms with van der Waals surface area (Å²) in [5, 5.41) is 0. The zero-order chi connectivity index (χ0) is 18.8. The van der Waals surface area contributed by atoms with Crippen LogP contribution in [0.1, 0.15) is 23.1 Å². The fourth-order valence-corrected chi connectivity index (χ4v) is 6.32. The van der Waals surface area contributed by atoms with Crippen LogP contribution in [0.2, 0.25) is 0 Å². The molecular formula is C24H24N2O2+2. The van der Waals surface area contributed by atoms with E-state index in [0.717, 1.165) is 31.9 Å². The molecule has 140 valence electrons. The normalized spacial score (nSPS) is 36.0. The Balaban J connectivity index is 1.54. The number of rotatable bonds is 3. The standard InChI is InChI=1S/C24H22N2O2/c27-22-23(18-8-3-1-4-9-18)14-25-16-24(22,19-10-5-2-6-11-19)17-26(15-23)21(25)20-12-7-13-28-20/h1-13,21H,14-17H2/p+2. The molecule has 4 fully saturated rings. The van der Waals surface area contributed by atoms with Crippen molar-refractivity contribution in [3.63, 3.8) is 0 Å². The molecule has 0 unspecified atom stereocenters. The fourth-order valence-electron chi connectivity index (χ4n) is 6.32. The number of Topliss-reactive ketones (excluding diaryl/α,β-unsaturated/α-hetero) is 1. The lowest BCUT2D eigenvalue weighted by Gasteiger charge is -2.60. The van der Waals surface area contributed by atoms with E-state index in [-0.39, 0.29) is 6.17 Å². The van der Waals surface area contributed by atoms with E-state index in [4.69, 9.17) is 4.42 Å². The largest absolute Gasteiger partial charge is 0.457 e. The number of quaternary nitrogens is 2. The smallest absolute Gasteiger partial charge is 0.273 e. The van der Waals surface area contributed by atoms with Gasteiger partial charge >= 0.3 is 0 Å². The number of nitrogens with one attached hydrogen (secondary N) is 2. The second kappa shape index (κ2) is 5.66. The maximum atomic E-state index is 14.2. The lowest BCUT2D eigenvalue weighted by atomic mass is 9.56. The van der Waals surface area contributed by atoms with Gasteiger partial charge in [0.15, 0.2) is 16.6 Å². The number of ketones is 1. The molecule has 0 radical (unpaired) electrons. The van der Waals surface area contributed by atoms with Crippen LogP contribution >= 0.6 is 0 Å². The molecule has 4 aliphatic rings. The number of benzene rings is 2. The van der Waals surface area contributed by atoms with Crippen molar-refractivity contribution in [1.82, 2.24) is 0 Å². The predicted molar refractivity (Wildman–Crippen MR) is 104 cm³/mol. The van der Waals surface area contributed by atoms with Gasteiger partial charge in [-0.3, -0.25) is 14.6 Å². The molecule has 4 bridgehead atoms. The highest BCUT2D eigenvalue weighted by Crippen LogP contribution is 2.41. The van der Waals surface area contributed by atoms with E-state index in [2.05, 4.69) is 54.6 Å². The van der Waals surface area contributed by atoms with Crippen LogP contribution in [0, 0.1) is 0 Å². The molecule has 2 N–H and O–H groups in total. The van der Waals surface area contributed by atoms with Crippen LogP contribution in [0.15, 0.2) is 83.5 Å². The van der Waals surface area contributed by atoms with Gasteiger partial charge in [-0.1, -0.05) is 60.7 Å². The zero-order valence-electron chi connectivity index (χ0n) is 15.7. The van der Waals surface area contributed by atoms with Crippen molar-refractivity contribution in [2.45, 2.75) is 17.0 Å². The molecular weight excluding hydrogens is 348 g/mol. The van der Waals surface area contributed by atoms with Gasteiger partial charge in [0.25, 0.3) is 6.17 Å². The van der Waals surface area contributed by atoms with Gasteiger partial charge in [0.1, 0.15) is 26.2 Å². The number of hydrogen-bond acceptors (Lipinski definition) is 2. The maximum Gasteiger partial charge on any atom is 0.273 e. The Morgan fingerprint density at radius 2 is 1.21 bits per heavy atom.